The zero-order valence-corrected chi connectivity index (χ0v) is 14.5. The lowest BCUT2D eigenvalue weighted by atomic mass is 9.98. The van der Waals surface area contributed by atoms with Crippen molar-refractivity contribution in [2.75, 3.05) is 5.32 Å². The molecule has 1 aliphatic heterocycles. The highest BCUT2D eigenvalue weighted by atomic mass is 16.3. The zero-order chi connectivity index (χ0) is 18.1. The van der Waals surface area contributed by atoms with E-state index in [0.717, 1.165) is 16.8 Å². The van der Waals surface area contributed by atoms with Crippen molar-refractivity contribution in [2.45, 2.75) is 19.1 Å². The Bertz CT molecular complexity index is 940. The largest absolute Gasteiger partial charge is 0.508 e. The van der Waals surface area contributed by atoms with E-state index in [0.29, 0.717) is 5.56 Å². The molecule has 4 nitrogen and oxygen atoms in total. The lowest BCUT2D eigenvalue weighted by Crippen LogP contribution is -2.44. The molecule has 3 aromatic rings. The van der Waals surface area contributed by atoms with Crippen LogP contribution in [0.5, 0.6) is 5.75 Å². The Morgan fingerprint density at radius 3 is 2.46 bits per heavy atom. The highest BCUT2D eigenvalue weighted by Gasteiger charge is 2.36. The molecule has 1 amide bonds. The van der Waals surface area contributed by atoms with Crippen LogP contribution in [-0.4, -0.2) is 15.9 Å². The number of carbonyl (C=O) groups is 1. The van der Waals surface area contributed by atoms with Crippen LogP contribution >= 0.6 is 0 Å². The number of rotatable bonds is 3. The first kappa shape index (κ1) is 16.2. The average molecular weight is 344 g/mol. The highest BCUT2D eigenvalue weighted by Crippen LogP contribution is 2.39. The number of amides is 1. The maximum absolute atomic E-state index is 13.3. The SMILES string of the molecule is C[C@H](c1ccccc1)N1C(=O)c2ccccc2N[C@H]1c1cccc(O)c1. The van der Waals surface area contributed by atoms with Gasteiger partial charge in [0.15, 0.2) is 0 Å². The minimum absolute atomic E-state index is 0.0240. The van der Waals surface area contributed by atoms with E-state index in [-0.39, 0.29) is 23.9 Å². The Hall–Kier alpha value is -3.27. The van der Waals surface area contributed by atoms with Crippen molar-refractivity contribution in [3.05, 3.63) is 95.6 Å². The number of hydrogen-bond donors (Lipinski definition) is 2. The first-order valence-corrected chi connectivity index (χ1v) is 8.67. The van der Waals surface area contributed by atoms with Gasteiger partial charge in [-0.15, -0.1) is 0 Å². The molecule has 0 unspecified atom stereocenters. The number of phenols is 1. The molecule has 0 aliphatic carbocycles. The summed E-state index contributed by atoms with van der Waals surface area (Å²) in [6, 6.07) is 24.4. The summed E-state index contributed by atoms with van der Waals surface area (Å²) in [6.07, 6.45) is -0.361. The maximum atomic E-state index is 13.3. The van der Waals surface area contributed by atoms with Crippen LogP contribution in [0.25, 0.3) is 0 Å². The second-order valence-corrected chi connectivity index (χ2v) is 6.49. The Morgan fingerprint density at radius 1 is 0.962 bits per heavy atom. The zero-order valence-electron chi connectivity index (χ0n) is 14.5. The molecule has 0 spiro atoms. The highest BCUT2D eigenvalue weighted by molar-refractivity contribution is 6.02. The molecule has 3 aromatic carbocycles. The number of aromatic hydroxyl groups is 1. The van der Waals surface area contributed by atoms with Crippen LogP contribution in [0.1, 0.15) is 40.6 Å². The molecular formula is C22H20N2O2. The topological polar surface area (TPSA) is 52.6 Å². The Labute approximate surface area is 152 Å². The van der Waals surface area contributed by atoms with Crippen molar-refractivity contribution < 1.29 is 9.90 Å². The summed E-state index contributed by atoms with van der Waals surface area (Å²) >= 11 is 0. The fourth-order valence-electron chi connectivity index (χ4n) is 3.50. The molecule has 0 saturated carbocycles. The Morgan fingerprint density at radius 2 is 1.69 bits per heavy atom. The van der Waals surface area contributed by atoms with Crippen LogP contribution in [0.4, 0.5) is 5.69 Å². The van der Waals surface area contributed by atoms with E-state index in [1.54, 1.807) is 18.2 Å². The first-order chi connectivity index (χ1) is 12.6. The predicted octanol–water partition coefficient (Wildman–Crippen LogP) is 4.72. The van der Waals surface area contributed by atoms with Gasteiger partial charge in [-0.1, -0.05) is 54.6 Å². The van der Waals surface area contributed by atoms with Crippen LogP contribution in [0.3, 0.4) is 0 Å². The Kier molecular flexibility index (Phi) is 4.09. The third-order valence-corrected chi connectivity index (χ3v) is 4.85. The molecule has 2 N–H and O–H groups in total. The first-order valence-electron chi connectivity index (χ1n) is 8.67. The number of carbonyl (C=O) groups excluding carboxylic acids is 1. The summed E-state index contributed by atoms with van der Waals surface area (Å²) in [4.78, 5) is 15.2. The fourth-order valence-corrected chi connectivity index (χ4v) is 3.50. The molecule has 130 valence electrons. The molecule has 2 atom stereocenters. The number of nitrogens with one attached hydrogen (secondary N) is 1. The van der Waals surface area contributed by atoms with Gasteiger partial charge in [-0.25, -0.2) is 0 Å². The number of anilines is 1. The number of nitrogens with zero attached hydrogens (tertiary/aromatic N) is 1. The summed E-state index contributed by atoms with van der Waals surface area (Å²) in [6.45, 7) is 2.03. The predicted molar refractivity (Wildman–Crippen MR) is 102 cm³/mol. The summed E-state index contributed by atoms with van der Waals surface area (Å²) in [5, 5.41) is 13.4. The lowest BCUT2D eigenvalue weighted by molar-refractivity contribution is 0.0596. The minimum atomic E-state index is -0.361. The third kappa shape index (κ3) is 2.80. The third-order valence-electron chi connectivity index (χ3n) is 4.85. The van der Waals surface area contributed by atoms with Gasteiger partial charge in [-0.2, -0.15) is 0 Å². The summed E-state index contributed by atoms with van der Waals surface area (Å²) in [7, 11) is 0. The fraction of sp³-hybridized carbons (Fsp3) is 0.136. The van der Waals surface area contributed by atoms with Crippen molar-refractivity contribution in [1.29, 1.82) is 0 Å². The van der Waals surface area contributed by atoms with Crippen LogP contribution in [0, 0.1) is 0 Å². The molecule has 0 bridgehead atoms. The molecule has 0 radical (unpaired) electrons. The van der Waals surface area contributed by atoms with Gasteiger partial charge >= 0.3 is 0 Å². The summed E-state index contributed by atoms with van der Waals surface area (Å²) in [5.41, 5.74) is 3.37. The van der Waals surface area contributed by atoms with E-state index in [4.69, 9.17) is 0 Å². The summed E-state index contributed by atoms with van der Waals surface area (Å²) < 4.78 is 0. The number of fused-ring (bicyclic) bond motifs is 1. The minimum Gasteiger partial charge on any atom is -0.508 e. The van der Waals surface area contributed by atoms with Crippen molar-refractivity contribution in [3.63, 3.8) is 0 Å². The number of hydrogen-bond acceptors (Lipinski definition) is 3. The molecule has 0 fully saturated rings. The van der Waals surface area contributed by atoms with E-state index >= 15 is 0 Å². The van der Waals surface area contributed by atoms with E-state index < -0.39 is 0 Å². The molecule has 4 heteroatoms. The van der Waals surface area contributed by atoms with Crippen molar-refractivity contribution >= 4 is 11.6 Å². The molecule has 1 heterocycles. The molecular weight excluding hydrogens is 324 g/mol. The van der Waals surface area contributed by atoms with Crippen LogP contribution in [-0.2, 0) is 0 Å². The smallest absolute Gasteiger partial charge is 0.258 e. The normalized spacial score (nSPS) is 17.3. The summed E-state index contributed by atoms with van der Waals surface area (Å²) in [5.74, 6) is 0.159. The molecule has 0 saturated heterocycles. The van der Waals surface area contributed by atoms with Gasteiger partial charge < -0.3 is 15.3 Å². The molecule has 0 aromatic heterocycles. The van der Waals surface area contributed by atoms with Crippen LogP contribution in [0.15, 0.2) is 78.9 Å². The van der Waals surface area contributed by atoms with Gasteiger partial charge in [0.2, 0.25) is 0 Å². The molecule has 4 rings (SSSR count). The molecule has 1 aliphatic rings. The lowest BCUT2D eigenvalue weighted by Gasteiger charge is -2.42. The van der Waals surface area contributed by atoms with E-state index in [9.17, 15) is 9.90 Å². The van der Waals surface area contributed by atoms with Crippen molar-refractivity contribution in [1.82, 2.24) is 4.90 Å². The van der Waals surface area contributed by atoms with Crippen molar-refractivity contribution in [2.24, 2.45) is 0 Å². The van der Waals surface area contributed by atoms with E-state index in [1.807, 2.05) is 72.5 Å². The second-order valence-electron chi connectivity index (χ2n) is 6.49. The van der Waals surface area contributed by atoms with Gasteiger partial charge in [-0.3, -0.25) is 4.79 Å². The number of para-hydroxylation sites is 1. The van der Waals surface area contributed by atoms with Gasteiger partial charge in [0.05, 0.1) is 11.6 Å². The standard InChI is InChI=1S/C22H20N2O2/c1-15(16-8-3-2-4-9-16)24-21(17-10-7-11-18(25)14-17)23-20-13-6-5-12-19(20)22(24)26/h2-15,21,23,25H,1H3/t15-,21-/m1/s1. The van der Waals surface area contributed by atoms with Gasteiger partial charge in [0, 0.05) is 5.69 Å². The van der Waals surface area contributed by atoms with Gasteiger partial charge in [0.1, 0.15) is 11.9 Å². The average Bonchev–Trinajstić information content (AvgIpc) is 2.68. The molecule has 26 heavy (non-hydrogen) atoms. The van der Waals surface area contributed by atoms with E-state index in [2.05, 4.69) is 5.32 Å². The van der Waals surface area contributed by atoms with Gasteiger partial charge in [-0.05, 0) is 42.3 Å². The number of benzene rings is 3. The maximum Gasteiger partial charge on any atom is 0.258 e. The van der Waals surface area contributed by atoms with Crippen molar-refractivity contribution in [3.8, 4) is 5.75 Å². The second kappa shape index (κ2) is 6.56. The Balaban J connectivity index is 1.82. The van der Waals surface area contributed by atoms with Gasteiger partial charge in [0.25, 0.3) is 5.91 Å². The van der Waals surface area contributed by atoms with Crippen LogP contribution in [0.2, 0.25) is 0 Å². The van der Waals surface area contributed by atoms with Crippen LogP contribution < -0.4 is 5.32 Å². The monoisotopic (exact) mass is 344 g/mol. The van der Waals surface area contributed by atoms with E-state index in [1.165, 1.54) is 0 Å². The number of phenolic OH excluding ortho intramolecular Hbond substituents is 1. The quantitative estimate of drug-likeness (QED) is 0.723.